The maximum Gasteiger partial charge on any atom is 0.142 e. The van der Waals surface area contributed by atoms with Crippen molar-refractivity contribution in [3.8, 4) is 5.75 Å². The second kappa shape index (κ2) is 5.80. The number of fused-ring (bicyclic) bond motifs is 1. The number of aliphatic hydroxyl groups is 1. The molecule has 0 aliphatic carbocycles. The highest BCUT2D eigenvalue weighted by atomic mass is 16.5. The maximum atomic E-state index is 10.1. The van der Waals surface area contributed by atoms with Crippen LogP contribution in [0, 0.1) is 5.92 Å². The molecule has 1 aromatic carbocycles. The first-order valence-corrected chi connectivity index (χ1v) is 6.94. The van der Waals surface area contributed by atoms with Gasteiger partial charge in [-0.15, -0.1) is 0 Å². The number of anilines is 1. The Morgan fingerprint density at radius 1 is 1.37 bits per heavy atom. The standard InChI is InChI=1S/C15H24N2O2/c1-10(2)9-17-6-7-19-14-5-4-12(8-13(14)17)15(18)11(3)16/h4-5,8,10-11,15,18H,6-7,9,16H2,1-3H3. The van der Waals surface area contributed by atoms with E-state index in [1.54, 1.807) is 0 Å². The molecule has 19 heavy (non-hydrogen) atoms. The monoisotopic (exact) mass is 264 g/mol. The third kappa shape index (κ3) is 3.19. The van der Waals surface area contributed by atoms with Crippen LogP contribution in [0.5, 0.6) is 5.75 Å². The molecule has 0 bridgehead atoms. The Morgan fingerprint density at radius 2 is 2.11 bits per heavy atom. The first-order chi connectivity index (χ1) is 8.99. The lowest BCUT2D eigenvalue weighted by atomic mass is 10.0. The van der Waals surface area contributed by atoms with Crippen molar-refractivity contribution < 1.29 is 9.84 Å². The van der Waals surface area contributed by atoms with Crippen molar-refractivity contribution in [3.63, 3.8) is 0 Å². The third-order valence-electron chi connectivity index (χ3n) is 3.37. The Kier molecular flexibility index (Phi) is 4.32. The van der Waals surface area contributed by atoms with E-state index in [9.17, 15) is 5.11 Å². The molecule has 0 fully saturated rings. The van der Waals surface area contributed by atoms with Crippen LogP contribution < -0.4 is 15.4 Å². The van der Waals surface area contributed by atoms with Gasteiger partial charge in [-0.3, -0.25) is 0 Å². The summed E-state index contributed by atoms with van der Waals surface area (Å²) in [5.41, 5.74) is 7.69. The minimum Gasteiger partial charge on any atom is -0.490 e. The molecule has 1 heterocycles. The number of benzene rings is 1. The Labute approximate surface area is 115 Å². The first kappa shape index (κ1) is 14.2. The van der Waals surface area contributed by atoms with Gasteiger partial charge in [0.25, 0.3) is 0 Å². The molecule has 0 spiro atoms. The molecule has 1 aliphatic heterocycles. The average Bonchev–Trinajstić information content (AvgIpc) is 2.37. The van der Waals surface area contributed by atoms with Crippen LogP contribution in [0.3, 0.4) is 0 Å². The minimum absolute atomic E-state index is 0.277. The zero-order chi connectivity index (χ0) is 14.0. The first-order valence-electron chi connectivity index (χ1n) is 6.94. The predicted molar refractivity (Wildman–Crippen MR) is 77.6 cm³/mol. The number of rotatable bonds is 4. The third-order valence-corrected chi connectivity index (χ3v) is 3.37. The quantitative estimate of drug-likeness (QED) is 0.872. The SMILES string of the molecule is CC(C)CN1CCOc2ccc(C(O)C(C)N)cc21. The molecule has 2 rings (SSSR count). The van der Waals surface area contributed by atoms with E-state index in [4.69, 9.17) is 10.5 Å². The molecule has 1 aromatic rings. The van der Waals surface area contributed by atoms with E-state index >= 15 is 0 Å². The van der Waals surface area contributed by atoms with Crippen molar-refractivity contribution in [2.75, 3.05) is 24.6 Å². The van der Waals surface area contributed by atoms with E-state index in [-0.39, 0.29) is 6.04 Å². The number of nitrogens with zero attached hydrogens (tertiary/aromatic N) is 1. The van der Waals surface area contributed by atoms with Crippen LogP contribution in [0.25, 0.3) is 0 Å². The van der Waals surface area contributed by atoms with Crippen LogP contribution in [0.15, 0.2) is 18.2 Å². The van der Waals surface area contributed by atoms with Gasteiger partial charge in [-0.1, -0.05) is 19.9 Å². The van der Waals surface area contributed by atoms with E-state index in [0.29, 0.717) is 5.92 Å². The summed E-state index contributed by atoms with van der Waals surface area (Å²) in [6.07, 6.45) is -0.631. The Morgan fingerprint density at radius 3 is 2.74 bits per heavy atom. The number of ether oxygens (including phenoxy) is 1. The van der Waals surface area contributed by atoms with Gasteiger partial charge in [0.15, 0.2) is 0 Å². The fourth-order valence-electron chi connectivity index (χ4n) is 2.41. The average molecular weight is 264 g/mol. The van der Waals surface area contributed by atoms with E-state index in [1.165, 1.54) is 0 Å². The summed E-state index contributed by atoms with van der Waals surface area (Å²) >= 11 is 0. The maximum absolute atomic E-state index is 10.1. The van der Waals surface area contributed by atoms with Crippen LogP contribution in [0.1, 0.15) is 32.4 Å². The molecular weight excluding hydrogens is 240 g/mol. The fraction of sp³-hybridized carbons (Fsp3) is 0.600. The van der Waals surface area contributed by atoms with E-state index in [1.807, 2.05) is 25.1 Å². The van der Waals surface area contributed by atoms with Gasteiger partial charge in [-0.05, 0) is 30.5 Å². The fourth-order valence-corrected chi connectivity index (χ4v) is 2.41. The van der Waals surface area contributed by atoms with Gasteiger partial charge < -0.3 is 20.5 Å². The van der Waals surface area contributed by atoms with Crippen molar-refractivity contribution in [2.24, 2.45) is 11.7 Å². The lowest BCUT2D eigenvalue weighted by Gasteiger charge is -2.33. The van der Waals surface area contributed by atoms with Gasteiger partial charge in [-0.2, -0.15) is 0 Å². The molecule has 0 radical (unpaired) electrons. The van der Waals surface area contributed by atoms with Crippen molar-refractivity contribution in [2.45, 2.75) is 32.9 Å². The molecule has 0 saturated heterocycles. The Balaban J connectivity index is 2.29. The van der Waals surface area contributed by atoms with Crippen molar-refractivity contribution in [1.82, 2.24) is 0 Å². The van der Waals surface area contributed by atoms with Crippen LogP contribution in [0.4, 0.5) is 5.69 Å². The highest BCUT2D eigenvalue weighted by Crippen LogP contribution is 2.34. The molecule has 1 aliphatic rings. The van der Waals surface area contributed by atoms with Gasteiger partial charge in [0.2, 0.25) is 0 Å². The minimum atomic E-state index is -0.631. The molecule has 4 heteroatoms. The zero-order valence-electron chi connectivity index (χ0n) is 12.0. The van der Waals surface area contributed by atoms with E-state index in [2.05, 4.69) is 18.7 Å². The van der Waals surface area contributed by atoms with Gasteiger partial charge in [0, 0.05) is 12.6 Å². The zero-order valence-corrected chi connectivity index (χ0v) is 12.0. The van der Waals surface area contributed by atoms with Crippen LogP contribution in [0.2, 0.25) is 0 Å². The van der Waals surface area contributed by atoms with Gasteiger partial charge in [0.1, 0.15) is 12.4 Å². The van der Waals surface area contributed by atoms with E-state index in [0.717, 1.165) is 36.7 Å². The summed E-state index contributed by atoms with van der Waals surface area (Å²) in [7, 11) is 0. The predicted octanol–water partition coefficient (Wildman–Crippen LogP) is 1.92. The smallest absolute Gasteiger partial charge is 0.142 e. The summed E-state index contributed by atoms with van der Waals surface area (Å²) < 4.78 is 5.68. The molecule has 0 saturated carbocycles. The molecule has 2 atom stereocenters. The van der Waals surface area contributed by atoms with Crippen molar-refractivity contribution >= 4 is 5.69 Å². The molecule has 106 valence electrons. The van der Waals surface area contributed by atoms with Crippen molar-refractivity contribution in [1.29, 1.82) is 0 Å². The van der Waals surface area contributed by atoms with Gasteiger partial charge >= 0.3 is 0 Å². The summed E-state index contributed by atoms with van der Waals surface area (Å²) in [5, 5.41) is 10.1. The van der Waals surface area contributed by atoms with Gasteiger partial charge in [0.05, 0.1) is 18.3 Å². The normalized spacial score (nSPS) is 17.9. The molecular formula is C15H24N2O2. The Hall–Kier alpha value is -1.26. The lowest BCUT2D eigenvalue weighted by molar-refractivity contribution is 0.153. The van der Waals surface area contributed by atoms with Crippen LogP contribution >= 0.6 is 0 Å². The highest BCUT2D eigenvalue weighted by molar-refractivity contribution is 5.61. The molecule has 2 unspecified atom stereocenters. The number of aliphatic hydroxyl groups excluding tert-OH is 1. The Bertz CT molecular complexity index is 432. The summed E-state index contributed by atoms with van der Waals surface area (Å²) in [4.78, 5) is 2.32. The second-order valence-electron chi connectivity index (χ2n) is 5.72. The number of hydrogen-bond acceptors (Lipinski definition) is 4. The topological polar surface area (TPSA) is 58.7 Å². The lowest BCUT2D eigenvalue weighted by Crippen LogP contribution is -2.35. The summed E-state index contributed by atoms with van der Waals surface area (Å²) in [5.74, 6) is 1.49. The molecule has 4 nitrogen and oxygen atoms in total. The number of nitrogens with two attached hydrogens (primary N) is 1. The molecule has 0 aromatic heterocycles. The number of hydrogen-bond donors (Lipinski definition) is 2. The molecule has 3 N–H and O–H groups in total. The molecule has 0 amide bonds. The van der Waals surface area contributed by atoms with Crippen molar-refractivity contribution in [3.05, 3.63) is 23.8 Å². The van der Waals surface area contributed by atoms with Gasteiger partial charge in [-0.25, -0.2) is 0 Å². The highest BCUT2D eigenvalue weighted by Gasteiger charge is 2.21. The summed E-state index contributed by atoms with van der Waals surface area (Å²) in [6.45, 7) is 8.82. The second-order valence-corrected chi connectivity index (χ2v) is 5.72. The van der Waals surface area contributed by atoms with Crippen LogP contribution in [-0.2, 0) is 0 Å². The summed E-state index contributed by atoms with van der Waals surface area (Å²) in [6, 6.07) is 5.56. The largest absolute Gasteiger partial charge is 0.490 e. The van der Waals surface area contributed by atoms with E-state index < -0.39 is 6.10 Å². The van der Waals surface area contributed by atoms with Crippen LogP contribution in [-0.4, -0.2) is 30.8 Å².